The van der Waals surface area contributed by atoms with Crippen LogP contribution in [-0.2, 0) is 10.1 Å². The van der Waals surface area contributed by atoms with E-state index < -0.39 is 0 Å². The van der Waals surface area contributed by atoms with Gasteiger partial charge in [-0.3, -0.25) is 6.08 Å². The zero-order valence-corrected chi connectivity index (χ0v) is 11.0. The van der Waals surface area contributed by atoms with Gasteiger partial charge >= 0.3 is 49.6 Å². The summed E-state index contributed by atoms with van der Waals surface area (Å²) in [5.74, 6) is 0. The summed E-state index contributed by atoms with van der Waals surface area (Å²) in [6, 6.07) is 0. The average molecular weight is 437 g/mol. The third kappa shape index (κ3) is 12.7. The van der Waals surface area contributed by atoms with E-state index in [-0.39, 0.29) is 7.43 Å². The molecule has 0 heterocycles. The molecule has 0 N–H and O–H groups in total. The van der Waals surface area contributed by atoms with E-state index in [1.54, 1.807) is 0 Å². The van der Waals surface area contributed by atoms with Crippen molar-refractivity contribution < 1.29 is 10.1 Å². The van der Waals surface area contributed by atoms with E-state index >= 15 is 0 Å². The van der Waals surface area contributed by atoms with Crippen molar-refractivity contribution in [1.82, 2.24) is 0 Å². The predicted octanol–water partition coefficient (Wildman–Crippen LogP) is 3.52. The summed E-state index contributed by atoms with van der Waals surface area (Å²) < 4.78 is 0. The third-order valence-corrected chi connectivity index (χ3v) is 0.586. The molecule has 0 radical (unpaired) electrons. The summed E-state index contributed by atoms with van der Waals surface area (Å²) in [5, 5.41) is 0. The Balaban J connectivity index is 0. The van der Waals surface area contributed by atoms with Gasteiger partial charge in [0.1, 0.15) is 0 Å². The molecular formula is C6H8I2Rh-2. The maximum atomic E-state index is 2.99. The van der Waals surface area contributed by atoms with Gasteiger partial charge < -0.3 is 7.43 Å². The van der Waals surface area contributed by atoms with Gasteiger partial charge in [0.05, 0.1) is 0 Å². The Labute approximate surface area is 86.5 Å². The van der Waals surface area contributed by atoms with E-state index in [4.69, 9.17) is 0 Å². The summed E-state index contributed by atoms with van der Waals surface area (Å²) >= 11 is 4.69. The van der Waals surface area contributed by atoms with Gasteiger partial charge in [0.25, 0.3) is 0 Å². The summed E-state index contributed by atoms with van der Waals surface area (Å²) in [6.07, 6.45) is 10.0. The Morgan fingerprint density at radius 1 is 1.44 bits per heavy atom. The van der Waals surface area contributed by atoms with Crippen LogP contribution in [0.5, 0.6) is 0 Å². The van der Waals surface area contributed by atoms with Crippen molar-refractivity contribution in [2.24, 2.45) is 0 Å². The Hall–Kier alpha value is 1.56. The van der Waals surface area contributed by atoms with Crippen LogP contribution in [0.25, 0.3) is 0 Å². The number of hydrogen-bond acceptors (Lipinski definition) is 0. The van der Waals surface area contributed by atoms with E-state index in [2.05, 4.69) is 51.7 Å². The van der Waals surface area contributed by atoms with E-state index in [1.807, 2.05) is 12.2 Å². The van der Waals surface area contributed by atoms with Crippen molar-refractivity contribution in [1.29, 1.82) is 0 Å². The second-order valence-electron chi connectivity index (χ2n) is 1.05. The number of hydrogen-bond donors (Lipinski definition) is 0. The van der Waals surface area contributed by atoms with Crippen molar-refractivity contribution in [2.45, 2.75) is 6.42 Å². The SMILES string of the molecule is [C-]1=CC=CC1.[CH3-].[I][Rh][I]. The molecule has 0 fully saturated rings. The van der Waals surface area contributed by atoms with Crippen molar-refractivity contribution in [2.75, 3.05) is 0 Å². The first-order valence-corrected chi connectivity index (χ1v) is 11.7. The Kier molecular flexibility index (Phi) is 17.9. The molecule has 57 valence electrons. The summed E-state index contributed by atoms with van der Waals surface area (Å²) in [5.41, 5.74) is 0. The molecule has 9 heavy (non-hydrogen) atoms. The molecular weight excluding hydrogens is 429 g/mol. The van der Waals surface area contributed by atoms with Crippen LogP contribution in [0.2, 0.25) is 0 Å². The van der Waals surface area contributed by atoms with Crippen LogP contribution in [0.4, 0.5) is 0 Å². The van der Waals surface area contributed by atoms with Crippen LogP contribution < -0.4 is 0 Å². The van der Waals surface area contributed by atoms with E-state index in [0.717, 1.165) is 16.5 Å². The molecule has 0 unspecified atom stereocenters. The molecule has 0 amide bonds. The molecule has 1 aliphatic rings. The first kappa shape index (κ1) is 13.2. The van der Waals surface area contributed by atoms with Gasteiger partial charge in [-0.2, -0.15) is 6.08 Å². The predicted molar refractivity (Wildman–Crippen MR) is 56.0 cm³/mol. The molecule has 3 heteroatoms. The van der Waals surface area contributed by atoms with Crippen LogP contribution in [-0.4, -0.2) is 0 Å². The number of rotatable bonds is 0. The van der Waals surface area contributed by atoms with Crippen LogP contribution in [0.15, 0.2) is 18.2 Å². The molecule has 0 bridgehead atoms. The minimum atomic E-state index is 0. The van der Waals surface area contributed by atoms with Gasteiger partial charge in [-0.1, -0.05) is 0 Å². The number of halogens is 2. The normalized spacial score (nSPS) is 12.2. The standard InChI is InChI=1S/C5H5.CH3.2HI.Rh/c1-2-4-5-3-1;;;;/h1-3H,4H2;1H3;2*1H;/q2*-1;;;+2/p-2. The second-order valence-corrected chi connectivity index (χ2v) is 13.7. The van der Waals surface area contributed by atoms with Crippen molar-refractivity contribution >= 4 is 39.5 Å². The van der Waals surface area contributed by atoms with Gasteiger partial charge in [0, 0.05) is 0 Å². The Morgan fingerprint density at radius 3 is 2.11 bits per heavy atom. The van der Waals surface area contributed by atoms with Gasteiger partial charge in [-0.15, -0.1) is 6.42 Å². The molecule has 1 aliphatic carbocycles. The molecule has 0 aromatic rings. The fraction of sp³-hybridized carbons (Fsp3) is 0.167. The molecule has 0 saturated carbocycles. The van der Waals surface area contributed by atoms with Crippen LogP contribution in [0.1, 0.15) is 6.42 Å². The molecule has 1 rings (SSSR count). The topological polar surface area (TPSA) is 0 Å². The van der Waals surface area contributed by atoms with E-state index in [1.165, 1.54) is 0 Å². The third-order valence-electron chi connectivity index (χ3n) is 0.586. The number of allylic oxidation sites excluding steroid dienone is 4. The average Bonchev–Trinajstić information content (AvgIpc) is 2.17. The Morgan fingerprint density at radius 2 is 2.00 bits per heavy atom. The molecule has 0 saturated heterocycles. The summed E-state index contributed by atoms with van der Waals surface area (Å²) in [7, 11) is 0.770. The van der Waals surface area contributed by atoms with Gasteiger partial charge in [0.2, 0.25) is 0 Å². The quantitative estimate of drug-likeness (QED) is 0.310. The zero-order valence-electron chi connectivity index (χ0n) is 5.03. The van der Waals surface area contributed by atoms with Gasteiger partial charge in [-0.05, 0) is 0 Å². The molecule has 0 spiro atoms. The molecule has 0 aromatic carbocycles. The van der Waals surface area contributed by atoms with Crippen molar-refractivity contribution in [3.05, 3.63) is 31.7 Å². The van der Waals surface area contributed by atoms with Crippen LogP contribution in [0, 0.1) is 13.5 Å². The van der Waals surface area contributed by atoms with Crippen molar-refractivity contribution in [3.8, 4) is 0 Å². The zero-order chi connectivity index (χ0) is 6.24. The second kappa shape index (κ2) is 12.3. The molecule has 0 nitrogen and oxygen atoms in total. The first-order chi connectivity index (χ1) is 3.91. The summed E-state index contributed by atoms with van der Waals surface area (Å²) in [6.45, 7) is 0. The minimum absolute atomic E-state index is 0. The van der Waals surface area contributed by atoms with E-state index in [9.17, 15) is 0 Å². The fourth-order valence-electron chi connectivity index (χ4n) is 0.340. The van der Waals surface area contributed by atoms with Gasteiger partial charge in [0.15, 0.2) is 0 Å². The van der Waals surface area contributed by atoms with E-state index in [0.29, 0.717) is 0 Å². The Bertz CT molecular complexity index is 79.1. The fourth-order valence-corrected chi connectivity index (χ4v) is 0.340. The molecule has 0 atom stereocenters. The molecule has 0 aliphatic heterocycles. The first-order valence-electron chi connectivity index (χ1n) is 1.97. The van der Waals surface area contributed by atoms with Crippen LogP contribution >= 0.6 is 39.5 Å². The van der Waals surface area contributed by atoms with Gasteiger partial charge in [-0.25, -0.2) is 12.2 Å². The summed E-state index contributed by atoms with van der Waals surface area (Å²) in [4.78, 5) is 0. The van der Waals surface area contributed by atoms with Crippen LogP contribution in [0.3, 0.4) is 0 Å². The maximum absolute atomic E-state index is 2.99. The monoisotopic (exact) mass is 437 g/mol. The van der Waals surface area contributed by atoms with Crippen molar-refractivity contribution in [3.63, 3.8) is 0 Å². The molecule has 0 aromatic heterocycles.